The number of carbonyl (C=O) groups excluding carboxylic acids is 2. The molecule has 0 radical (unpaired) electrons. The van der Waals surface area contributed by atoms with E-state index in [1.165, 1.54) is 38.4 Å². The minimum Gasteiger partial charge on any atom is -0.339 e. The van der Waals surface area contributed by atoms with Gasteiger partial charge in [-0.15, -0.1) is 0 Å². The van der Waals surface area contributed by atoms with Crippen LogP contribution in [-0.2, 0) is 19.7 Å². The lowest BCUT2D eigenvalue weighted by atomic mass is 10.1. The fraction of sp³-hybridized carbons (Fsp3) is 0.556. The van der Waals surface area contributed by atoms with Gasteiger partial charge >= 0.3 is 0 Å². The molecule has 148 valence electrons. The van der Waals surface area contributed by atoms with Crippen LogP contribution in [0, 0.1) is 5.92 Å². The third-order valence-electron chi connectivity index (χ3n) is 5.07. The molecule has 3 rings (SSSR count). The first kappa shape index (κ1) is 19.8. The van der Waals surface area contributed by atoms with Crippen LogP contribution in [-0.4, -0.2) is 74.8 Å². The van der Waals surface area contributed by atoms with Gasteiger partial charge in [-0.3, -0.25) is 14.4 Å². The van der Waals surface area contributed by atoms with Gasteiger partial charge in [-0.05, 0) is 43.0 Å². The van der Waals surface area contributed by atoms with Crippen LogP contribution in [0.4, 0.5) is 0 Å². The van der Waals surface area contributed by atoms with Crippen LogP contribution in [0.15, 0.2) is 29.2 Å². The van der Waals surface area contributed by atoms with E-state index in [1.807, 2.05) is 4.90 Å². The first-order chi connectivity index (χ1) is 12.8. The first-order valence-corrected chi connectivity index (χ1v) is 10.5. The summed E-state index contributed by atoms with van der Waals surface area (Å²) >= 11 is 0. The number of nitrogens with zero attached hydrogens (tertiary/aromatic N) is 3. The fourth-order valence-electron chi connectivity index (χ4n) is 3.06. The molecule has 1 saturated carbocycles. The summed E-state index contributed by atoms with van der Waals surface area (Å²) in [5.41, 5.74) is 0.423. The highest BCUT2D eigenvalue weighted by Gasteiger charge is 2.30. The molecule has 2 amide bonds. The van der Waals surface area contributed by atoms with Crippen molar-refractivity contribution in [2.45, 2.75) is 24.2 Å². The quantitative estimate of drug-likeness (QED) is 0.670. The number of hydrogen-bond acceptors (Lipinski definition) is 5. The van der Waals surface area contributed by atoms with Gasteiger partial charge < -0.3 is 9.80 Å². The van der Waals surface area contributed by atoms with Crippen molar-refractivity contribution in [1.82, 2.24) is 14.3 Å². The van der Waals surface area contributed by atoms with Crippen molar-refractivity contribution in [2.75, 3.05) is 40.3 Å². The molecule has 0 spiro atoms. The molecule has 1 heterocycles. The Labute approximate surface area is 159 Å². The van der Waals surface area contributed by atoms with E-state index < -0.39 is 10.0 Å². The van der Waals surface area contributed by atoms with Gasteiger partial charge in [-0.1, -0.05) is 4.47 Å². The second kappa shape index (κ2) is 7.95. The largest absolute Gasteiger partial charge is 0.339 e. The average Bonchev–Trinajstić information content (AvgIpc) is 3.50. The molecule has 1 aliphatic carbocycles. The Kier molecular flexibility index (Phi) is 5.83. The molecular weight excluding hydrogens is 370 g/mol. The highest BCUT2D eigenvalue weighted by molar-refractivity contribution is 7.89. The summed E-state index contributed by atoms with van der Waals surface area (Å²) in [6, 6.07) is 5.80. The standard InChI is InChI=1S/C18H25N3O5S/c1-19(26-2)27(24,25)16-7-5-15(6-8-16)18(23)21-11-9-20(10-12-21)17(22)13-14-3-4-14/h5-8,14H,3-4,9-13H2,1-2H3. The lowest BCUT2D eigenvalue weighted by Gasteiger charge is -2.35. The topological polar surface area (TPSA) is 87.2 Å². The van der Waals surface area contributed by atoms with E-state index >= 15 is 0 Å². The number of hydroxylamine groups is 1. The molecule has 0 aromatic heterocycles. The minimum atomic E-state index is -3.74. The van der Waals surface area contributed by atoms with E-state index in [1.54, 1.807) is 4.90 Å². The number of rotatable bonds is 6. The second-order valence-corrected chi connectivity index (χ2v) is 8.88. The molecule has 1 saturated heterocycles. The lowest BCUT2D eigenvalue weighted by molar-refractivity contribution is -0.133. The van der Waals surface area contributed by atoms with Gasteiger partial charge in [0.1, 0.15) is 0 Å². The molecular formula is C18H25N3O5S. The Morgan fingerprint density at radius 2 is 1.63 bits per heavy atom. The highest BCUT2D eigenvalue weighted by atomic mass is 32.2. The van der Waals surface area contributed by atoms with Crippen molar-refractivity contribution in [3.8, 4) is 0 Å². The van der Waals surface area contributed by atoms with Crippen molar-refractivity contribution in [2.24, 2.45) is 5.92 Å². The van der Waals surface area contributed by atoms with E-state index in [0.717, 1.165) is 17.3 Å². The Bertz CT molecular complexity index is 797. The maximum absolute atomic E-state index is 12.7. The maximum atomic E-state index is 12.7. The summed E-state index contributed by atoms with van der Waals surface area (Å²) in [7, 11) is -1.16. The maximum Gasteiger partial charge on any atom is 0.264 e. The average molecular weight is 395 g/mol. The number of amides is 2. The van der Waals surface area contributed by atoms with Gasteiger partial charge in [0.2, 0.25) is 5.91 Å². The molecule has 9 heteroatoms. The zero-order valence-electron chi connectivity index (χ0n) is 15.6. The summed E-state index contributed by atoms with van der Waals surface area (Å²) in [4.78, 5) is 33.1. The van der Waals surface area contributed by atoms with Crippen molar-refractivity contribution >= 4 is 21.8 Å². The Balaban J connectivity index is 1.59. The molecule has 2 aliphatic rings. The van der Waals surface area contributed by atoms with Gasteiger partial charge in [0.05, 0.1) is 12.0 Å². The van der Waals surface area contributed by atoms with Crippen molar-refractivity contribution in [1.29, 1.82) is 0 Å². The molecule has 0 bridgehead atoms. The van der Waals surface area contributed by atoms with Crippen LogP contribution in [0.2, 0.25) is 0 Å². The van der Waals surface area contributed by atoms with E-state index in [0.29, 0.717) is 44.1 Å². The third-order valence-corrected chi connectivity index (χ3v) is 6.77. The molecule has 0 atom stereocenters. The van der Waals surface area contributed by atoms with Crippen molar-refractivity contribution < 1.29 is 22.8 Å². The summed E-state index contributed by atoms with van der Waals surface area (Å²) < 4.78 is 25.2. The molecule has 8 nitrogen and oxygen atoms in total. The molecule has 2 fully saturated rings. The molecule has 0 N–H and O–H groups in total. The smallest absolute Gasteiger partial charge is 0.264 e. The molecule has 1 aliphatic heterocycles. The summed E-state index contributed by atoms with van der Waals surface area (Å²) in [6.07, 6.45) is 2.92. The Morgan fingerprint density at radius 1 is 1.07 bits per heavy atom. The van der Waals surface area contributed by atoms with Gasteiger partial charge in [0.25, 0.3) is 15.9 Å². The number of carbonyl (C=O) groups is 2. The fourth-order valence-corrected chi connectivity index (χ4v) is 4.03. The van der Waals surface area contributed by atoms with E-state index in [9.17, 15) is 18.0 Å². The van der Waals surface area contributed by atoms with Crippen molar-refractivity contribution in [3.63, 3.8) is 0 Å². The summed E-state index contributed by atoms with van der Waals surface area (Å²) in [5, 5.41) is 0. The zero-order chi connectivity index (χ0) is 19.6. The molecule has 1 aromatic rings. The zero-order valence-corrected chi connectivity index (χ0v) is 16.4. The molecule has 0 unspecified atom stereocenters. The van der Waals surface area contributed by atoms with Gasteiger partial charge in [0, 0.05) is 45.2 Å². The van der Waals surface area contributed by atoms with Gasteiger partial charge in [-0.2, -0.15) is 0 Å². The predicted octanol–water partition coefficient (Wildman–Crippen LogP) is 0.953. The number of benzene rings is 1. The predicted molar refractivity (Wildman–Crippen MR) is 98.2 cm³/mol. The molecule has 27 heavy (non-hydrogen) atoms. The van der Waals surface area contributed by atoms with Crippen LogP contribution in [0.25, 0.3) is 0 Å². The number of piperazine rings is 1. The van der Waals surface area contributed by atoms with Crippen LogP contribution in [0.3, 0.4) is 0 Å². The normalized spacial score (nSPS) is 18.0. The molecule has 1 aromatic carbocycles. The van der Waals surface area contributed by atoms with Crippen molar-refractivity contribution in [3.05, 3.63) is 29.8 Å². The van der Waals surface area contributed by atoms with E-state index in [4.69, 9.17) is 4.84 Å². The second-order valence-electron chi connectivity index (χ2n) is 6.94. The third kappa shape index (κ3) is 4.48. The number of sulfonamides is 1. The van der Waals surface area contributed by atoms with Crippen LogP contribution >= 0.6 is 0 Å². The van der Waals surface area contributed by atoms with Gasteiger partial charge in [-0.25, -0.2) is 8.42 Å². The lowest BCUT2D eigenvalue weighted by Crippen LogP contribution is -2.50. The number of hydrogen-bond donors (Lipinski definition) is 0. The van der Waals surface area contributed by atoms with Crippen LogP contribution < -0.4 is 0 Å². The minimum absolute atomic E-state index is 0.0545. The van der Waals surface area contributed by atoms with E-state index in [2.05, 4.69) is 0 Å². The SMILES string of the molecule is CON(C)S(=O)(=O)c1ccc(C(=O)N2CCN(C(=O)CC3CC3)CC2)cc1. The van der Waals surface area contributed by atoms with Gasteiger partial charge in [0.15, 0.2) is 0 Å². The summed E-state index contributed by atoms with van der Waals surface area (Å²) in [6.45, 7) is 2.06. The summed E-state index contributed by atoms with van der Waals surface area (Å²) in [5.74, 6) is 0.582. The first-order valence-electron chi connectivity index (χ1n) is 9.03. The Morgan fingerprint density at radius 3 is 2.15 bits per heavy atom. The Hall–Kier alpha value is -1.97. The van der Waals surface area contributed by atoms with Crippen LogP contribution in [0.5, 0.6) is 0 Å². The van der Waals surface area contributed by atoms with E-state index in [-0.39, 0.29) is 16.7 Å². The highest BCUT2D eigenvalue weighted by Crippen LogP contribution is 2.33. The van der Waals surface area contributed by atoms with Crippen LogP contribution in [0.1, 0.15) is 29.6 Å². The monoisotopic (exact) mass is 395 g/mol.